The highest BCUT2D eigenvalue weighted by atomic mass is 32.2. The van der Waals surface area contributed by atoms with Crippen molar-refractivity contribution in [1.82, 2.24) is 0 Å². The summed E-state index contributed by atoms with van der Waals surface area (Å²) in [5.74, 6) is 1.35. The van der Waals surface area contributed by atoms with Gasteiger partial charge in [-0.05, 0) is 48.9 Å². The number of nitrogens with zero attached hydrogens (tertiary/aromatic N) is 2. The monoisotopic (exact) mass is 460 g/mol. The Bertz CT molecular complexity index is 1080. The van der Waals surface area contributed by atoms with Crippen LogP contribution in [-0.2, 0) is 21.1 Å². The number of hydrogen-bond acceptors (Lipinski definition) is 6. The zero-order chi connectivity index (χ0) is 22.0. The van der Waals surface area contributed by atoms with Gasteiger partial charge in [0.05, 0.1) is 37.7 Å². The van der Waals surface area contributed by atoms with Crippen molar-refractivity contribution in [2.24, 2.45) is 4.99 Å². The predicted molar refractivity (Wildman–Crippen MR) is 123 cm³/mol. The summed E-state index contributed by atoms with van der Waals surface area (Å²) in [6, 6.07) is 14.5. The quantitative estimate of drug-likeness (QED) is 0.655. The van der Waals surface area contributed by atoms with Crippen molar-refractivity contribution in [2.75, 3.05) is 30.1 Å². The fourth-order valence-electron chi connectivity index (χ4n) is 3.80. The largest absolute Gasteiger partial charge is 0.497 e. The summed E-state index contributed by atoms with van der Waals surface area (Å²) >= 11 is 1.37. The maximum atomic E-state index is 12.7. The van der Waals surface area contributed by atoms with E-state index in [-0.39, 0.29) is 35.1 Å². The molecule has 0 spiro atoms. The smallest absolute Gasteiger partial charge is 0.252 e. The first kappa shape index (κ1) is 21.7. The van der Waals surface area contributed by atoms with Crippen molar-refractivity contribution in [2.45, 2.75) is 24.6 Å². The lowest BCUT2D eigenvalue weighted by Crippen LogP contribution is -2.37. The number of carbonyl (C=O) groups is 1. The number of hydrogen-bond donors (Lipinski definition) is 0. The summed E-state index contributed by atoms with van der Waals surface area (Å²) < 4.78 is 35.1. The molecule has 2 fully saturated rings. The minimum Gasteiger partial charge on any atom is -0.497 e. The van der Waals surface area contributed by atoms with Gasteiger partial charge in [0.25, 0.3) is 5.91 Å². The average molecular weight is 461 g/mol. The van der Waals surface area contributed by atoms with Crippen LogP contribution in [0.25, 0.3) is 0 Å². The lowest BCUT2D eigenvalue weighted by Gasteiger charge is -2.24. The van der Waals surface area contributed by atoms with Gasteiger partial charge in [0.2, 0.25) is 0 Å². The summed E-state index contributed by atoms with van der Waals surface area (Å²) in [5, 5.41) is 0.414. The number of methoxy groups -OCH3 is 1. The van der Waals surface area contributed by atoms with Crippen LogP contribution >= 0.6 is 11.8 Å². The Hall–Kier alpha value is -2.52. The van der Waals surface area contributed by atoms with E-state index in [0.717, 1.165) is 22.7 Å². The number of fused-ring (bicyclic) bond motifs is 1. The number of thioether (sulfide) groups is 1. The van der Waals surface area contributed by atoms with Gasteiger partial charge in [-0.2, -0.15) is 4.99 Å². The summed E-state index contributed by atoms with van der Waals surface area (Å²) in [5.41, 5.74) is 1.64. The van der Waals surface area contributed by atoms with Gasteiger partial charge in [0.15, 0.2) is 15.0 Å². The molecule has 2 aromatic rings. The second-order valence-electron chi connectivity index (χ2n) is 7.41. The molecule has 31 heavy (non-hydrogen) atoms. The molecule has 0 bridgehead atoms. The van der Waals surface area contributed by atoms with Crippen LogP contribution in [0.4, 0.5) is 5.69 Å². The molecular formula is C22H24N2O5S2. The second-order valence-corrected chi connectivity index (χ2v) is 10.8. The number of sulfone groups is 1. The van der Waals surface area contributed by atoms with Crippen LogP contribution in [0.15, 0.2) is 53.5 Å². The van der Waals surface area contributed by atoms with Gasteiger partial charge >= 0.3 is 0 Å². The molecule has 2 atom stereocenters. The molecule has 1 amide bonds. The van der Waals surface area contributed by atoms with Crippen LogP contribution < -0.4 is 14.4 Å². The van der Waals surface area contributed by atoms with Gasteiger partial charge in [-0.15, -0.1) is 0 Å². The fraction of sp³-hybridized carbons (Fsp3) is 0.364. The molecule has 164 valence electrons. The predicted octanol–water partition coefficient (Wildman–Crippen LogP) is 2.94. The van der Waals surface area contributed by atoms with Gasteiger partial charge in [0, 0.05) is 10.9 Å². The van der Waals surface area contributed by atoms with Crippen molar-refractivity contribution >= 4 is 38.4 Å². The first-order valence-corrected chi connectivity index (χ1v) is 12.7. The topological polar surface area (TPSA) is 85.3 Å². The van der Waals surface area contributed by atoms with Gasteiger partial charge in [-0.3, -0.25) is 4.79 Å². The highest BCUT2D eigenvalue weighted by Gasteiger charge is 2.49. The molecule has 0 saturated carbocycles. The Morgan fingerprint density at radius 3 is 2.42 bits per heavy atom. The summed E-state index contributed by atoms with van der Waals surface area (Å²) in [6.07, 6.45) is 0.165. The van der Waals surface area contributed by atoms with E-state index in [1.807, 2.05) is 60.4 Å². The Morgan fingerprint density at radius 1 is 1.10 bits per heavy atom. The van der Waals surface area contributed by atoms with E-state index in [1.54, 1.807) is 7.11 Å². The Kier molecular flexibility index (Phi) is 6.24. The van der Waals surface area contributed by atoms with Crippen LogP contribution in [-0.4, -0.2) is 56.0 Å². The zero-order valence-electron chi connectivity index (χ0n) is 17.4. The molecule has 7 nitrogen and oxygen atoms in total. The van der Waals surface area contributed by atoms with Crippen molar-refractivity contribution in [3.8, 4) is 11.5 Å². The highest BCUT2D eigenvalue weighted by molar-refractivity contribution is 8.16. The maximum absolute atomic E-state index is 12.7. The molecule has 4 rings (SSSR count). The molecule has 9 heteroatoms. The molecule has 0 N–H and O–H groups in total. The average Bonchev–Trinajstić information content (AvgIpc) is 3.20. The summed E-state index contributed by atoms with van der Waals surface area (Å²) in [4.78, 5) is 18.9. The fourth-order valence-corrected chi connectivity index (χ4v) is 7.73. The van der Waals surface area contributed by atoms with E-state index in [9.17, 15) is 13.2 Å². The lowest BCUT2D eigenvalue weighted by atomic mass is 10.1. The second kappa shape index (κ2) is 8.92. The number of amides is 1. The number of ether oxygens (including phenoxy) is 2. The molecule has 2 aliphatic rings. The molecule has 0 unspecified atom stereocenters. The third-order valence-corrected chi connectivity index (χ3v) is 8.44. The SMILES string of the molecule is CCOc1ccc(N2C(=NC(=O)Cc3ccc(OC)cc3)S[C@H]3CS(=O)(=O)C[C@@H]32)cc1. The molecule has 2 aromatic carbocycles. The molecule has 2 saturated heterocycles. The van der Waals surface area contributed by atoms with E-state index < -0.39 is 9.84 Å². The van der Waals surface area contributed by atoms with E-state index in [0.29, 0.717) is 11.8 Å². The van der Waals surface area contributed by atoms with E-state index in [1.165, 1.54) is 11.8 Å². The number of rotatable bonds is 6. The Labute approximate surface area is 186 Å². The van der Waals surface area contributed by atoms with Gasteiger partial charge in [-0.25, -0.2) is 8.42 Å². The van der Waals surface area contributed by atoms with Crippen molar-refractivity contribution in [3.05, 3.63) is 54.1 Å². The molecule has 2 aliphatic heterocycles. The molecule has 0 radical (unpaired) electrons. The van der Waals surface area contributed by atoms with Crippen LogP contribution in [0.3, 0.4) is 0 Å². The number of carbonyl (C=O) groups excluding carboxylic acids is 1. The minimum absolute atomic E-state index is 0.0591. The molecule has 0 aliphatic carbocycles. The van der Waals surface area contributed by atoms with Crippen molar-refractivity contribution in [3.63, 3.8) is 0 Å². The summed E-state index contributed by atoms with van der Waals surface area (Å²) in [6.45, 7) is 2.48. The Balaban J connectivity index is 1.59. The standard InChI is InChI=1S/C22H24N2O5S2/c1-3-29-18-10-6-16(7-11-18)24-19-13-31(26,27)14-20(19)30-22(24)23-21(25)12-15-4-8-17(28-2)9-5-15/h4-11,19-20H,3,12-14H2,1-2H3/t19-,20-/m0/s1. The molecule has 2 heterocycles. The number of aliphatic imine (C=N–C) groups is 1. The van der Waals surface area contributed by atoms with Gasteiger partial charge in [0.1, 0.15) is 11.5 Å². The number of benzene rings is 2. The normalized spacial score (nSPS) is 23.0. The number of anilines is 1. The number of amidine groups is 1. The molecule has 0 aromatic heterocycles. The van der Waals surface area contributed by atoms with Crippen LogP contribution in [0.2, 0.25) is 0 Å². The summed E-state index contributed by atoms with van der Waals surface area (Å²) in [7, 11) is -1.52. The van der Waals surface area contributed by atoms with Crippen molar-refractivity contribution < 1.29 is 22.7 Å². The molecular weight excluding hydrogens is 436 g/mol. The first-order valence-electron chi connectivity index (χ1n) is 10.0. The highest BCUT2D eigenvalue weighted by Crippen LogP contribution is 2.41. The van der Waals surface area contributed by atoms with Crippen LogP contribution in [0, 0.1) is 0 Å². The van der Waals surface area contributed by atoms with Crippen LogP contribution in [0.5, 0.6) is 11.5 Å². The van der Waals surface area contributed by atoms with Gasteiger partial charge < -0.3 is 14.4 Å². The van der Waals surface area contributed by atoms with Crippen LogP contribution in [0.1, 0.15) is 12.5 Å². The first-order chi connectivity index (χ1) is 14.9. The Morgan fingerprint density at radius 2 is 1.77 bits per heavy atom. The van der Waals surface area contributed by atoms with E-state index in [2.05, 4.69) is 4.99 Å². The minimum atomic E-state index is -3.11. The third kappa shape index (κ3) is 4.88. The van der Waals surface area contributed by atoms with E-state index >= 15 is 0 Å². The zero-order valence-corrected chi connectivity index (χ0v) is 19.0. The third-order valence-electron chi connectivity index (χ3n) is 5.23. The van der Waals surface area contributed by atoms with Gasteiger partial charge in [-0.1, -0.05) is 23.9 Å². The van der Waals surface area contributed by atoms with Crippen molar-refractivity contribution in [1.29, 1.82) is 0 Å². The maximum Gasteiger partial charge on any atom is 0.252 e. The van der Waals surface area contributed by atoms with E-state index in [4.69, 9.17) is 9.47 Å². The lowest BCUT2D eigenvalue weighted by molar-refractivity contribution is -0.117.